The van der Waals surface area contributed by atoms with Crippen molar-refractivity contribution in [3.05, 3.63) is 64.3 Å². The maximum Gasteiger partial charge on any atom is 0.319 e. The monoisotopic (exact) mass is 319 g/mol. The summed E-state index contributed by atoms with van der Waals surface area (Å²) in [5.74, 6) is -0.398. The maximum absolute atomic E-state index is 12.9. The normalized spacial score (nSPS) is 13.2. The third-order valence-corrected chi connectivity index (χ3v) is 3.40. The lowest BCUT2D eigenvalue weighted by molar-refractivity contribution is 0.0599. The fraction of sp³-hybridized carbons (Fsp3) is 0.250. The zero-order valence-corrected chi connectivity index (χ0v) is 12.8. The first kappa shape index (κ1) is 16.7. The number of hydrogen-bond donors (Lipinski definition) is 3. The molecule has 2 rings (SSSR count). The van der Waals surface area contributed by atoms with Crippen molar-refractivity contribution in [2.75, 3.05) is 11.9 Å². The molecule has 7 heteroatoms. The van der Waals surface area contributed by atoms with E-state index in [1.165, 1.54) is 54.1 Å². The molecule has 0 saturated carbocycles. The van der Waals surface area contributed by atoms with Gasteiger partial charge in [-0.2, -0.15) is 0 Å². The minimum absolute atomic E-state index is 0.0593. The molecule has 3 N–H and O–H groups in total. The number of carbonyl (C=O) groups excluding carboxylic acids is 1. The van der Waals surface area contributed by atoms with Crippen LogP contribution in [0.15, 0.2) is 47.4 Å². The van der Waals surface area contributed by atoms with Crippen LogP contribution < -0.4 is 16.2 Å². The summed E-state index contributed by atoms with van der Waals surface area (Å²) in [7, 11) is 1.57. The lowest BCUT2D eigenvalue weighted by Gasteiger charge is -2.24. The van der Waals surface area contributed by atoms with Crippen LogP contribution in [0.5, 0.6) is 0 Å². The minimum atomic E-state index is -1.34. The highest BCUT2D eigenvalue weighted by Crippen LogP contribution is 2.19. The molecule has 2 amide bonds. The molecule has 6 nitrogen and oxygen atoms in total. The molecule has 1 atom stereocenters. The van der Waals surface area contributed by atoms with Crippen molar-refractivity contribution in [3.63, 3.8) is 0 Å². The number of halogens is 1. The first-order chi connectivity index (χ1) is 10.8. The van der Waals surface area contributed by atoms with E-state index >= 15 is 0 Å². The van der Waals surface area contributed by atoms with Gasteiger partial charge in [0.2, 0.25) is 5.56 Å². The number of nitrogens with one attached hydrogen (secondary N) is 2. The fourth-order valence-electron chi connectivity index (χ4n) is 2.01. The van der Waals surface area contributed by atoms with Crippen molar-refractivity contribution in [2.24, 2.45) is 7.05 Å². The third-order valence-electron chi connectivity index (χ3n) is 3.40. The maximum atomic E-state index is 12.9. The highest BCUT2D eigenvalue weighted by Gasteiger charge is 2.23. The van der Waals surface area contributed by atoms with Gasteiger partial charge in [-0.15, -0.1) is 0 Å². The van der Waals surface area contributed by atoms with Gasteiger partial charge in [0.15, 0.2) is 0 Å². The highest BCUT2D eigenvalue weighted by atomic mass is 19.1. The largest absolute Gasteiger partial charge is 0.384 e. The Morgan fingerprint density at radius 2 is 1.91 bits per heavy atom. The van der Waals surface area contributed by atoms with Crippen molar-refractivity contribution < 1.29 is 14.3 Å². The van der Waals surface area contributed by atoms with Crippen molar-refractivity contribution in [3.8, 4) is 0 Å². The molecule has 1 unspecified atom stereocenters. The Morgan fingerprint density at radius 3 is 2.52 bits per heavy atom. The van der Waals surface area contributed by atoms with Gasteiger partial charge in [0, 0.05) is 19.3 Å². The summed E-state index contributed by atoms with van der Waals surface area (Å²) < 4.78 is 14.2. The lowest BCUT2D eigenvalue weighted by Crippen LogP contribution is -2.40. The van der Waals surface area contributed by atoms with Crippen molar-refractivity contribution in [2.45, 2.75) is 12.5 Å². The molecule has 0 aliphatic carbocycles. The molecule has 0 saturated heterocycles. The number of hydrogen-bond acceptors (Lipinski definition) is 3. The van der Waals surface area contributed by atoms with Crippen LogP contribution in [-0.2, 0) is 12.6 Å². The average Bonchev–Trinajstić information content (AvgIpc) is 2.50. The number of aliphatic hydroxyl groups is 1. The van der Waals surface area contributed by atoms with Gasteiger partial charge in [0.1, 0.15) is 11.4 Å². The minimum Gasteiger partial charge on any atom is -0.384 e. The van der Waals surface area contributed by atoms with Crippen LogP contribution in [0.3, 0.4) is 0 Å². The lowest BCUT2D eigenvalue weighted by atomic mass is 9.96. The fourth-order valence-corrected chi connectivity index (χ4v) is 2.01. The van der Waals surface area contributed by atoms with E-state index in [9.17, 15) is 19.1 Å². The zero-order chi connectivity index (χ0) is 17.0. The Balaban J connectivity index is 1.96. The van der Waals surface area contributed by atoms with E-state index in [-0.39, 0.29) is 12.1 Å². The number of aromatic nitrogens is 1. The van der Waals surface area contributed by atoms with Gasteiger partial charge in [0.25, 0.3) is 0 Å². The van der Waals surface area contributed by atoms with E-state index in [2.05, 4.69) is 10.6 Å². The second-order valence-corrected chi connectivity index (χ2v) is 5.46. The second kappa shape index (κ2) is 6.62. The highest BCUT2D eigenvalue weighted by molar-refractivity contribution is 5.89. The van der Waals surface area contributed by atoms with Crippen LogP contribution in [0.4, 0.5) is 14.9 Å². The van der Waals surface area contributed by atoms with Crippen LogP contribution in [0.25, 0.3) is 0 Å². The predicted octanol–water partition coefficient (Wildman–Crippen LogP) is 1.55. The van der Waals surface area contributed by atoms with E-state index < -0.39 is 17.4 Å². The zero-order valence-electron chi connectivity index (χ0n) is 12.8. The van der Waals surface area contributed by atoms with Gasteiger partial charge in [-0.05, 0) is 30.7 Å². The van der Waals surface area contributed by atoms with E-state index in [0.29, 0.717) is 11.3 Å². The van der Waals surface area contributed by atoms with E-state index in [1.54, 1.807) is 7.05 Å². The Morgan fingerprint density at radius 1 is 1.26 bits per heavy atom. The molecular weight excluding hydrogens is 301 g/mol. The summed E-state index contributed by atoms with van der Waals surface area (Å²) in [6, 6.07) is 7.71. The summed E-state index contributed by atoms with van der Waals surface area (Å²) in [5, 5.41) is 15.5. The van der Waals surface area contributed by atoms with Crippen LogP contribution >= 0.6 is 0 Å². The molecule has 2 aromatic rings. The first-order valence-corrected chi connectivity index (χ1v) is 6.98. The number of pyridine rings is 1. The average molecular weight is 319 g/mol. The standard InChI is InChI=1S/C16H18FN3O3/c1-16(23,11-3-5-12(17)6-4-11)10-18-15(22)19-13-7-8-14(21)20(2)9-13/h3-9,23H,10H2,1-2H3,(H2,18,19,22). The number of amides is 2. The summed E-state index contributed by atoms with van der Waals surface area (Å²) in [6.07, 6.45) is 1.49. The molecule has 1 heterocycles. The summed E-state index contributed by atoms with van der Waals surface area (Å²) >= 11 is 0. The Labute approximate surface area is 132 Å². The SMILES string of the molecule is Cn1cc(NC(=O)NCC(C)(O)c2ccc(F)cc2)ccc1=O. The molecule has 0 aliphatic heterocycles. The molecule has 0 radical (unpaired) electrons. The van der Waals surface area contributed by atoms with Crippen molar-refractivity contribution >= 4 is 11.7 Å². The van der Waals surface area contributed by atoms with Crippen molar-refractivity contribution in [1.82, 2.24) is 9.88 Å². The summed E-state index contributed by atoms with van der Waals surface area (Å²) in [6.45, 7) is 1.46. The van der Waals surface area contributed by atoms with Gasteiger partial charge >= 0.3 is 6.03 Å². The number of benzene rings is 1. The third kappa shape index (κ3) is 4.40. The van der Waals surface area contributed by atoms with Gasteiger partial charge in [0.05, 0.1) is 12.2 Å². The molecule has 1 aromatic heterocycles. The Kier molecular flexibility index (Phi) is 4.80. The second-order valence-electron chi connectivity index (χ2n) is 5.46. The summed E-state index contributed by atoms with van der Waals surface area (Å²) in [5.41, 5.74) is -0.586. The molecule has 0 spiro atoms. The van der Waals surface area contributed by atoms with E-state index in [1.807, 2.05) is 0 Å². The number of anilines is 1. The van der Waals surface area contributed by atoms with Crippen molar-refractivity contribution in [1.29, 1.82) is 0 Å². The number of aryl methyl sites for hydroxylation is 1. The smallest absolute Gasteiger partial charge is 0.319 e. The van der Waals surface area contributed by atoms with E-state index in [4.69, 9.17) is 0 Å². The first-order valence-electron chi connectivity index (χ1n) is 6.98. The van der Waals surface area contributed by atoms with Gasteiger partial charge in [-0.1, -0.05) is 12.1 Å². The Bertz CT molecular complexity index is 754. The Hall–Kier alpha value is -2.67. The molecule has 23 heavy (non-hydrogen) atoms. The van der Waals surface area contributed by atoms with Gasteiger partial charge in [-0.25, -0.2) is 9.18 Å². The van der Waals surface area contributed by atoms with E-state index in [0.717, 1.165) is 0 Å². The summed E-state index contributed by atoms with van der Waals surface area (Å²) in [4.78, 5) is 23.1. The van der Waals surface area contributed by atoms with Crippen LogP contribution in [0, 0.1) is 5.82 Å². The predicted molar refractivity (Wildman–Crippen MR) is 84.7 cm³/mol. The molecule has 0 aliphatic rings. The molecule has 1 aromatic carbocycles. The number of nitrogens with zero attached hydrogens (tertiary/aromatic N) is 1. The number of rotatable bonds is 4. The van der Waals surface area contributed by atoms with Gasteiger partial charge < -0.3 is 20.3 Å². The number of urea groups is 1. The quantitative estimate of drug-likeness (QED) is 0.799. The van der Waals surface area contributed by atoms with Crippen LogP contribution in [0.2, 0.25) is 0 Å². The molecule has 0 fully saturated rings. The topological polar surface area (TPSA) is 83.4 Å². The van der Waals surface area contributed by atoms with Crippen LogP contribution in [-0.4, -0.2) is 22.2 Å². The molecular formula is C16H18FN3O3. The molecule has 0 bridgehead atoms. The molecule has 122 valence electrons. The van der Waals surface area contributed by atoms with Gasteiger partial charge in [-0.3, -0.25) is 4.79 Å². The van der Waals surface area contributed by atoms with Crippen LogP contribution in [0.1, 0.15) is 12.5 Å². The number of carbonyl (C=O) groups is 1.